The van der Waals surface area contributed by atoms with E-state index in [1.807, 2.05) is 24.3 Å². The van der Waals surface area contributed by atoms with Crippen LogP contribution in [0.1, 0.15) is 5.89 Å². The Hall–Kier alpha value is -1.36. The van der Waals surface area contributed by atoms with Gasteiger partial charge in [-0.25, -0.2) is 0 Å². The summed E-state index contributed by atoms with van der Waals surface area (Å²) in [6.45, 7) is 0. The molecule has 0 spiro atoms. The maximum absolute atomic E-state index is 5.38. The number of nitrogens with zero attached hydrogens (tertiary/aromatic N) is 2. The third-order valence-corrected chi connectivity index (χ3v) is 2.40. The topological polar surface area (TPSA) is 48.2 Å². The first-order valence-corrected chi connectivity index (χ1v) is 5.48. The normalized spacial score (nSPS) is 10.3. The summed E-state index contributed by atoms with van der Waals surface area (Å²) in [5.74, 6) is 1.90. The number of hydrogen-bond acceptors (Lipinski definition) is 4. The third-order valence-electron chi connectivity index (χ3n) is 1.92. The Morgan fingerprint density at radius 3 is 2.53 bits per heavy atom. The van der Waals surface area contributed by atoms with Crippen molar-refractivity contribution in [2.75, 3.05) is 7.11 Å². The minimum Gasteiger partial charge on any atom is -0.497 e. The first-order valence-electron chi connectivity index (χ1n) is 4.36. The lowest BCUT2D eigenvalue weighted by Gasteiger charge is -1.98. The van der Waals surface area contributed by atoms with Crippen LogP contribution in [0.5, 0.6) is 5.75 Å². The molecule has 0 saturated carbocycles. The van der Waals surface area contributed by atoms with Crippen molar-refractivity contribution in [3.05, 3.63) is 30.2 Å². The van der Waals surface area contributed by atoms with Crippen molar-refractivity contribution in [1.29, 1.82) is 0 Å². The van der Waals surface area contributed by atoms with E-state index in [4.69, 9.17) is 9.15 Å². The van der Waals surface area contributed by atoms with Crippen LogP contribution in [0.2, 0.25) is 0 Å². The molecule has 0 aliphatic heterocycles. The van der Waals surface area contributed by atoms with Crippen LogP contribution in [0.25, 0.3) is 11.5 Å². The predicted molar refractivity (Wildman–Crippen MR) is 58.9 cm³/mol. The Bertz CT molecular complexity index is 439. The summed E-state index contributed by atoms with van der Waals surface area (Å²) < 4.78 is 10.4. The monoisotopic (exact) mass is 268 g/mol. The van der Waals surface area contributed by atoms with E-state index in [1.165, 1.54) is 0 Å². The Morgan fingerprint density at radius 1 is 1.27 bits per heavy atom. The second kappa shape index (κ2) is 4.44. The molecule has 1 aromatic heterocycles. The highest BCUT2D eigenvalue weighted by Crippen LogP contribution is 2.21. The molecule has 15 heavy (non-hydrogen) atoms. The Kier molecular flexibility index (Phi) is 3.01. The average Bonchev–Trinajstić information content (AvgIpc) is 2.78. The fourth-order valence-electron chi connectivity index (χ4n) is 1.16. The zero-order valence-corrected chi connectivity index (χ0v) is 9.69. The molecule has 0 aliphatic rings. The number of aromatic nitrogens is 2. The summed E-state index contributed by atoms with van der Waals surface area (Å²) in [6.07, 6.45) is 0. The minimum atomic E-state index is 0.520. The summed E-state index contributed by atoms with van der Waals surface area (Å²) in [5.41, 5.74) is 0.885. The largest absolute Gasteiger partial charge is 0.497 e. The van der Waals surface area contributed by atoms with Crippen LogP contribution in [0.4, 0.5) is 0 Å². The molecule has 0 aliphatic carbocycles. The van der Waals surface area contributed by atoms with Gasteiger partial charge in [-0.15, -0.1) is 10.2 Å². The summed E-state index contributed by atoms with van der Waals surface area (Å²) in [7, 11) is 1.63. The predicted octanol–water partition coefficient (Wildman–Crippen LogP) is 2.64. The van der Waals surface area contributed by atoms with Crippen LogP contribution < -0.4 is 4.74 Å². The molecule has 78 valence electrons. The van der Waals surface area contributed by atoms with Crippen molar-refractivity contribution in [2.24, 2.45) is 0 Å². The number of ether oxygens (including phenoxy) is 1. The SMILES string of the molecule is COc1ccc(-c2nnc(CBr)o2)cc1. The van der Waals surface area contributed by atoms with E-state index in [0.29, 0.717) is 17.1 Å². The van der Waals surface area contributed by atoms with Crippen LogP contribution >= 0.6 is 15.9 Å². The number of rotatable bonds is 3. The summed E-state index contributed by atoms with van der Waals surface area (Å²) in [6, 6.07) is 7.47. The molecule has 2 aromatic rings. The number of hydrogen-bond donors (Lipinski definition) is 0. The number of alkyl halides is 1. The molecule has 0 amide bonds. The zero-order chi connectivity index (χ0) is 10.7. The number of methoxy groups -OCH3 is 1. The molecule has 2 rings (SSSR count). The molecule has 0 N–H and O–H groups in total. The molecule has 5 heteroatoms. The van der Waals surface area contributed by atoms with Crippen molar-refractivity contribution < 1.29 is 9.15 Å². The average molecular weight is 269 g/mol. The fourth-order valence-corrected chi connectivity index (χ4v) is 1.38. The molecule has 0 atom stereocenters. The van der Waals surface area contributed by atoms with Gasteiger partial charge in [0.05, 0.1) is 12.4 Å². The second-order valence-corrected chi connectivity index (χ2v) is 3.42. The van der Waals surface area contributed by atoms with Gasteiger partial charge in [-0.2, -0.15) is 0 Å². The van der Waals surface area contributed by atoms with Crippen molar-refractivity contribution >= 4 is 15.9 Å². The summed E-state index contributed by atoms with van der Waals surface area (Å²) >= 11 is 3.25. The Labute approximate surface area is 95.4 Å². The quantitative estimate of drug-likeness (QED) is 0.803. The lowest BCUT2D eigenvalue weighted by atomic mass is 10.2. The van der Waals surface area contributed by atoms with E-state index in [1.54, 1.807) is 7.11 Å². The highest BCUT2D eigenvalue weighted by molar-refractivity contribution is 9.08. The lowest BCUT2D eigenvalue weighted by Crippen LogP contribution is -1.82. The number of halogens is 1. The van der Waals surface area contributed by atoms with Crippen molar-refractivity contribution in [3.8, 4) is 17.2 Å². The fraction of sp³-hybridized carbons (Fsp3) is 0.200. The van der Waals surface area contributed by atoms with Gasteiger partial charge in [0.1, 0.15) is 5.75 Å². The molecule has 1 aromatic carbocycles. The minimum absolute atomic E-state index is 0.520. The maximum atomic E-state index is 5.38. The van der Waals surface area contributed by atoms with Gasteiger partial charge in [-0.3, -0.25) is 0 Å². The van der Waals surface area contributed by atoms with E-state index in [9.17, 15) is 0 Å². The van der Waals surface area contributed by atoms with Gasteiger partial charge in [-0.05, 0) is 24.3 Å². The second-order valence-electron chi connectivity index (χ2n) is 2.86. The standard InChI is InChI=1S/C10H9BrN2O2/c1-14-8-4-2-7(3-5-8)10-13-12-9(6-11)15-10/h2-5H,6H2,1H3. The van der Waals surface area contributed by atoms with Gasteiger partial charge in [0, 0.05) is 5.56 Å². The molecule has 0 saturated heterocycles. The first-order chi connectivity index (χ1) is 7.33. The van der Waals surface area contributed by atoms with Gasteiger partial charge < -0.3 is 9.15 Å². The molecular formula is C10H9BrN2O2. The molecule has 4 nitrogen and oxygen atoms in total. The molecule has 1 heterocycles. The highest BCUT2D eigenvalue weighted by Gasteiger charge is 2.06. The smallest absolute Gasteiger partial charge is 0.247 e. The van der Waals surface area contributed by atoms with Crippen LogP contribution in [0.3, 0.4) is 0 Å². The van der Waals surface area contributed by atoms with E-state index in [2.05, 4.69) is 26.1 Å². The highest BCUT2D eigenvalue weighted by atomic mass is 79.9. The van der Waals surface area contributed by atoms with Crippen LogP contribution in [-0.2, 0) is 5.33 Å². The maximum Gasteiger partial charge on any atom is 0.247 e. The van der Waals surface area contributed by atoms with Gasteiger partial charge >= 0.3 is 0 Å². The first kappa shape index (κ1) is 10.2. The van der Waals surface area contributed by atoms with E-state index >= 15 is 0 Å². The third kappa shape index (κ3) is 2.18. The van der Waals surface area contributed by atoms with Crippen molar-refractivity contribution in [2.45, 2.75) is 5.33 Å². The molecular weight excluding hydrogens is 260 g/mol. The van der Waals surface area contributed by atoms with Gasteiger partial charge in [0.25, 0.3) is 0 Å². The molecule has 0 unspecified atom stereocenters. The van der Waals surface area contributed by atoms with Crippen LogP contribution in [-0.4, -0.2) is 17.3 Å². The van der Waals surface area contributed by atoms with Crippen molar-refractivity contribution in [1.82, 2.24) is 10.2 Å². The molecule has 0 bridgehead atoms. The van der Waals surface area contributed by atoms with E-state index < -0.39 is 0 Å². The number of benzene rings is 1. The lowest BCUT2D eigenvalue weighted by molar-refractivity contribution is 0.415. The summed E-state index contributed by atoms with van der Waals surface area (Å²) in [4.78, 5) is 0. The van der Waals surface area contributed by atoms with Gasteiger partial charge in [0.2, 0.25) is 11.8 Å². The van der Waals surface area contributed by atoms with E-state index in [0.717, 1.165) is 11.3 Å². The van der Waals surface area contributed by atoms with E-state index in [-0.39, 0.29) is 0 Å². The van der Waals surface area contributed by atoms with Crippen LogP contribution in [0.15, 0.2) is 28.7 Å². The van der Waals surface area contributed by atoms with Gasteiger partial charge in [-0.1, -0.05) is 15.9 Å². The van der Waals surface area contributed by atoms with Crippen molar-refractivity contribution in [3.63, 3.8) is 0 Å². The Morgan fingerprint density at radius 2 is 2.00 bits per heavy atom. The molecule has 0 radical (unpaired) electrons. The van der Waals surface area contributed by atoms with Gasteiger partial charge in [0.15, 0.2) is 0 Å². The zero-order valence-electron chi connectivity index (χ0n) is 8.11. The molecule has 0 fully saturated rings. The van der Waals surface area contributed by atoms with Crippen LogP contribution in [0, 0.1) is 0 Å². The summed E-state index contributed by atoms with van der Waals surface area (Å²) in [5, 5.41) is 8.35. The Balaban J connectivity index is 2.28.